The van der Waals surface area contributed by atoms with Crippen molar-refractivity contribution in [2.24, 2.45) is 11.8 Å². The fourth-order valence-corrected chi connectivity index (χ4v) is 1.81. The lowest BCUT2D eigenvalue weighted by molar-refractivity contribution is 0.271. The summed E-state index contributed by atoms with van der Waals surface area (Å²) in [4.78, 5) is 0. The van der Waals surface area contributed by atoms with Crippen LogP contribution in [0, 0.1) is 11.8 Å². The SMILES string of the molecule is CC(C)COc1ccc(CC2CNC2)cc1. The van der Waals surface area contributed by atoms with Gasteiger partial charge in [0.05, 0.1) is 6.61 Å². The normalized spacial score (nSPS) is 16.2. The Kier molecular flexibility index (Phi) is 3.83. The van der Waals surface area contributed by atoms with E-state index in [9.17, 15) is 0 Å². The number of ether oxygens (including phenoxy) is 1. The zero-order chi connectivity index (χ0) is 11.4. The second-order valence-electron chi connectivity index (χ2n) is 5.08. The van der Waals surface area contributed by atoms with Gasteiger partial charge in [0.1, 0.15) is 5.75 Å². The van der Waals surface area contributed by atoms with Crippen LogP contribution in [0.15, 0.2) is 24.3 Å². The van der Waals surface area contributed by atoms with E-state index >= 15 is 0 Å². The van der Waals surface area contributed by atoms with Crippen molar-refractivity contribution in [2.45, 2.75) is 20.3 Å². The van der Waals surface area contributed by atoms with E-state index in [1.807, 2.05) is 0 Å². The molecule has 1 aliphatic rings. The lowest BCUT2D eigenvalue weighted by atomic mass is 9.94. The zero-order valence-corrected chi connectivity index (χ0v) is 10.2. The van der Waals surface area contributed by atoms with E-state index in [4.69, 9.17) is 4.74 Å². The van der Waals surface area contributed by atoms with E-state index in [0.717, 1.165) is 18.3 Å². The lowest BCUT2D eigenvalue weighted by Gasteiger charge is -2.27. The molecule has 0 radical (unpaired) electrons. The maximum absolute atomic E-state index is 5.66. The Bertz CT molecular complexity index is 314. The molecule has 1 heterocycles. The van der Waals surface area contributed by atoms with Gasteiger partial charge in [0, 0.05) is 0 Å². The minimum absolute atomic E-state index is 0.584. The number of hydrogen-bond donors (Lipinski definition) is 1. The lowest BCUT2D eigenvalue weighted by Crippen LogP contribution is -2.43. The van der Waals surface area contributed by atoms with Gasteiger partial charge in [-0.1, -0.05) is 26.0 Å². The Labute approximate surface area is 98.0 Å². The summed E-state index contributed by atoms with van der Waals surface area (Å²) in [7, 11) is 0. The summed E-state index contributed by atoms with van der Waals surface area (Å²) < 4.78 is 5.66. The summed E-state index contributed by atoms with van der Waals surface area (Å²) >= 11 is 0. The van der Waals surface area contributed by atoms with Gasteiger partial charge in [-0.25, -0.2) is 0 Å². The van der Waals surface area contributed by atoms with Gasteiger partial charge >= 0.3 is 0 Å². The largest absolute Gasteiger partial charge is 0.493 e. The molecule has 16 heavy (non-hydrogen) atoms. The minimum Gasteiger partial charge on any atom is -0.493 e. The van der Waals surface area contributed by atoms with E-state index in [1.54, 1.807) is 0 Å². The maximum Gasteiger partial charge on any atom is 0.119 e. The highest BCUT2D eigenvalue weighted by Gasteiger charge is 2.16. The van der Waals surface area contributed by atoms with Crippen molar-refractivity contribution >= 4 is 0 Å². The molecule has 1 aromatic rings. The van der Waals surface area contributed by atoms with Gasteiger partial charge in [-0.05, 0) is 49.0 Å². The van der Waals surface area contributed by atoms with Gasteiger partial charge in [-0.2, -0.15) is 0 Å². The van der Waals surface area contributed by atoms with Crippen LogP contribution in [0.25, 0.3) is 0 Å². The Morgan fingerprint density at radius 3 is 2.44 bits per heavy atom. The first kappa shape index (κ1) is 11.5. The second kappa shape index (κ2) is 5.35. The van der Waals surface area contributed by atoms with Gasteiger partial charge in [-0.15, -0.1) is 0 Å². The molecule has 0 aliphatic carbocycles. The third kappa shape index (κ3) is 3.24. The second-order valence-corrected chi connectivity index (χ2v) is 5.08. The summed E-state index contributed by atoms with van der Waals surface area (Å²) in [6.07, 6.45) is 1.19. The smallest absolute Gasteiger partial charge is 0.119 e. The molecule has 2 heteroatoms. The van der Waals surface area contributed by atoms with E-state index < -0.39 is 0 Å². The third-order valence-electron chi connectivity index (χ3n) is 2.90. The molecule has 1 fully saturated rings. The molecule has 1 aromatic carbocycles. The van der Waals surface area contributed by atoms with E-state index in [-0.39, 0.29) is 0 Å². The van der Waals surface area contributed by atoms with Crippen LogP contribution in [-0.4, -0.2) is 19.7 Å². The maximum atomic E-state index is 5.66. The quantitative estimate of drug-likeness (QED) is 0.821. The molecular weight excluding hydrogens is 198 g/mol. The molecule has 2 rings (SSSR count). The number of hydrogen-bond acceptors (Lipinski definition) is 2. The Balaban J connectivity index is 1.83. The molecule has 0 spiro atoms. The van der Waals surface area contributed by atoms with Crippen molar-refractivity contribution in [3.05, 3.63) is 29.8 Å². The van der Waals surface area contributed by atoms with Crippen LogP contribution < -0.4 is 10.1 Å². The van der Waals surface area contributed by atoms with Gasteiger partial charge in [-0.3, -0.25) is 0 Å². The first-order valence-electron chi connectivity index (χ1n) is 6.16. The molecule has 0 atom stereocenters. The summed E-state index contributed by atoms with van der Waals surface area (Å²) in [6.45, 7) is 7.47. The summed E-state index contributed by atoms with van der Waals surface area (Å²) in [5.41, 5.74) is 1.42. The van der Waals surface area contributed by atoms with Gasteiger partial charge in [0.25, 0.3) is 0 Å². The van der Waals surface area contributed by atoms with E-state index in [1.165, 1.54) is 25.1 Å². The Morgan fingerprint density at radius 1 is 1.25 bits per heavy atom. The highest BCUT2D eigenvalue weighted by molar-refractivity contribution is 5.27. The summed E-state index contributed by atoms with van der Waals surface area (Å²) in [5, 5.41) is 3.30. The predicted octanol–water partition coefficient (Wildman–Crippen LogP) is 2.48. The third-order valence-corrected chi connectivity index (χ3v) is 2.90. The van der Waals surface area contributed by atoms with Gasteiger partial charge in [0.15, 0.2) is 0 Å². The molecule has 88 valence electrons. The van der Waals surface area contributed by atoms with Crippen molar-refractivity contribution in [2.75, 3.05) is 19.7 Å². The van der Waals surface area contributed by atoms with Crippen LogP contribution in [0.2, 0.25) is 0 Å². The molecular formula is C14H21NO. The molecule has 0 saturated carbocycles. The highest BCUT2D eigenvalue weighted by atomic mass is 16.5. The molecule has 0 aromatic heterocycles. The van der Waals surface area contributed by atoms with Crippen LogP contribution in [0.4, 0.5) is 0 Å². The Morgan fingerprint density at radius 2 is 1.94 bits per heavy atom. The average Bonchev–Trinajstić information content (AvgIpc) is 2.22. The highest BCUT2D eigenvalue weighted by Crippen LogP contribution is 2.17. The van der Waals surface area contributed by atoms with Crippen molar-refractivity contribution in [3.63, 3.8) is 0 Å². The van der Waals surface area contributed by atoms with Crippen molar-refractivity contribution < 1.29 is 4.74 Å². The average molecular weight is 219 g/mol. The van der Waals surface area contributed by atoms with Crippen LogP contribution in [0.5, 0.6) is 5.75 Å². The fourth-order valence-electron chi connectivity index (χ4n) is 1.81. The van der Waals surface area contributed by atoms with Crippen LogP contribution in [-0.2, 0) is 6.42 Å². The zero-order valence-electron chi connectivity index (χ0n) is 10.2. The van der Waals surface area contributed by atoms with Crippen molar-refractivity contribution in [1.82, 2.24) is 5.32 Å². The molecule has 2 nitrogen and oxygen atoms in total. The number of nitrogens with one attached hydrogen (secondary N) is 1. The van der Waals surface area contributed by atoms with Crippen LogP contribution >= 0.6 is 0 Å². The van der Waals surface area contributed by atoms with Gasteiger partial charge in [0.2, 0.25) is 0 Å². The van der Waals surface area contributed by atoms with Crippen molar-refractivity contribution in [3.8, 4) is 5.75 Å². The minimum atomic E-state index is 0.584. The van der Waals surface area contributed by atoms with Crippen LogP contribution in [0.1, 0.15) is 19.4 Å². The van der Waals surface area contributed by atoms with Crippen molar-refractivity contribution in [1.29, 1.82) is 0 Å². The standard InChI is InChI=1S/C14H21NO/c1-11(2)10-16-14-5-3-12(4-6-14)7-13-8-15-9-13/h3-6,11,13,15H,7-10H2,1-2H3. The van der Waals surface area contributed by atoms with Crippen LogP contribution in [0.3, 0.4) is 0 Å². The van der Waals surface area contributed by atoms with Gasteiger partial charge < -0.3 is 10.1 Å². The monoisotopic (exact) mass is 219 g/mol. The summed E-state index contributed by atoms with van der Waals surface area (Å²) in [6, 6.07) is 8.55. The molecule has 1 aliphatic heterocycles. The number of benzene rings is 1. The predicted molar refractivity (Wildman–Crippen MR) is 66.8 cm³/mol. The topological polar surface area (TPSA) is 21.3 Å². The van der Waals surface area contributed by atoms with E-state index in [0.29, 0.717) is 5.92 Å². The summed E-state index contributed by atoms with van der Waals surface area (Å²) in [5.74, 6) is 2.41. The Hall–Kier alpha value is -1.02. The first-order valence-corrected chi connectivity index (χ1v) is 6.16. The molecule has 0 unspecified atom stereocenters. The fraction of sp³-hybridized carbons (Fsp3) is 0.571. The molecule has 1 saturated heterocycles. The number of rotatable bonds is 5. The molecule has 1 N–H and O–H groups in total. The molecule has 0 bridgehead atoms. The molecule has 0 amide bonds. The first-order chi connectivity index (χ1) is 7.74. The van der Waals surface area contributed by atoms with E-state index in [2.05, 4.69) is 43.4 Å².